The minimum Gasteiger partial charge on any atom is -0.211 e. The summed E-state index contributed by atoms with van der Waals surface area (Å²) in [5.41, 5.74) is 2.12. The largest absolute Gasteiger partial charge is 0.235 e. The van der Waals surface area contributed by atoms with Crippen LogP contribution in [0.5, 0.6) is 0 Å². The minimum atomic E-state index is -0.311. The number of nitrogens with zero attached hydrogens (tertiary/aromatic N) is 1. The van der Waals surface area contributed by atoms with Gasteiger partial charge in [0, 0.05) is 5.02 Å². The maximum Gasteiger partial charge on any atom is 0.235 e. The standard InChI is InChI=1S/C11H10ClNO/c1-11(13-7-14)5-8-2-3-10(12)4-9(8)6-11/h2-4H,5-6H2,1H3. The highest BCUT2D eigenvalue weighted by Crippen LogP contribution is 2.33. The average Bonchev–Trinajstić information content (AvgIpc) is 2.40. The SMILES string of the molecule is CC1(N=C=O)Cc2ccc(Cl)cc2C1. The molecule has 3 heteroatoms. The lowest BCUT2D eigenvalue weighted by atomic mass is 10.0. The Bertz CT molecular complexity index is 423. The first kappa shape index (κ1) is 9.45. The molecule has 1 aromatic carbocycles. The lowest BCUT2D eigenvalue weighted by Gasteiger charge is -2.13. The Morgan fingerprint density at radius 2 is 2.14 bits per heavy atom. The molecule has 0 N–H and O–H groups in total. The fraction of sp³-hybridized carbons (Fsp3) is 0.364. The second-order valence-electron chi connectivity index (χ2n) is 3.97. The van der Waals surface area contributed by atoms with Crippen molar-refractivity contribution in [1.29, 1.82) is 0 Å². The molecule has 72 valence electrons. The van der Waals surface area contributed by atoms with Crippen LogP contribution in [0.2, 0.25) is 5.02 Å². The molecule has 1 aliphatic carbocycles. The van der Waals surface area contributed by atoms with Gasteiger partial charge in [-0.05, 0) is 43.0 Å². The fourth-order valence-electron chi connectivity index (χ4n) is 2.00. The predicted molar refractivity (Wildman–Crippen MR) is 55.4 cm³/mol. The average molecular weight is 208 g/mol. The lowest BCUT2D eigenvalue weighted by Crippen LogP contribution is -2.21. The van der Waals surface area contributed by atoms with E-state index in [0.29, 0.717) is 0 Å². The summed E-state index contributed by atoms with van der Waals surface area (Å²) in [5.74, 6) is 0. The molecule has 1 unspecified atom stereocenters. The molecular weight excluding hydrogens is 198 g/mol. The zero-order valence-corrected chi connectivity index (χ0v) is 8.64. The molecule has 1 aromatic rings. The van der Waals surface area contributed by atoms with E-state index in [-0.39, 0.29) is 5.54 Å². The Morgan fingerprint density at radius 1 is 1.43 bits per heavy atom. The number of benzene rings is 1. The predicted octanol–water partition coefficient (Wildman–Crippen LogP) is 2.53. The number of isocyanates is 1. The molecule has 2 nitrogen and oxygen atoms in total. The van der Waals surface area contributed by atoms with Gasteiger partial charge >= 0.3 is 0 Å². The maximum absolute atomic E-state index is 10.3. The van der Waals surface area contributed by atoms with E-state index >= 15 is 0 Å². The molecule has 0 aliphatic heterocycles. The van der Waals surface area contributed by atoms with Crippen LogP contribution in [0.1, 0.15) is 18.1 Å². The zero-order valence-electron chi connectivity index (χ0n) is 7.88. The molecule has 0 aromatic heterocycles. The number of hydrogen-bond acceptors (Lipinski definition) is 2. The van der Waals surface area contributed by atoms with Crippen LogP contribution >= 0.6 is 11.6 Å². The summed E-state index contributed by atoms with van der Waals surface area (Å²) >= 11 is 5.89. The molecule has 0 fully saturated rings. The second-order valence-corrected chi connectivity index (χ2v) is 4.40. The van der Waals surface area contributed by atoms with Crippen molar-refractivity contribution in [2.75, 3.05) is 0 Å². The summed E-state index contributed by atoms with van der Waals surface area (Å²) in [6.45, 7) is 1.96. The summed E-state index contributed by atoms with van der Waals surface area (Å²) in [4.78, 5) is 14.1. The number of fused-ring (bicyclic) bond motifs is 1. The van der Waals surface area contributed by atoms with Gasteiger partial charge in [-0.2, -0.15) is 4.99 Å². The van der Waals surface area contributed by atoms with E-state index in [1.165, 1.54) is 11.1 Å². The highest BCUT2D eigenvalue weighted by Gasteiger charge is 2.32. The van der Waals surface area contributed by atoms with E-state index in [1.54, 1.807) is 6.08 Å². The number of aliphatic imine (C=N–C) groups is 1. The van der Waals surface area contributed by atoms with Gasteiger partial charge in [-0.15, -0.1) is 0 Å². The van der Waals surface area contributed by atoms with Crippen LogP contribution in [0.15, 0.2) is 23.2 Å². The van der Waals surface area contributed by atoms with E-state index in [4.69, 9.17) is 11.6 Å². The third kappa shape index (κ3) is 1.59. The van der Waals surface area contributed by atoms with Crippen LogP contribution in [0.25, 0.3) is 0 Å². The van der Waals surface area contributed by atoms with Gasteiger partial charge in [0.1, 0.15) is 0 Å². The molecule has 1 atom stereocenters. The van der Waals surface area contributed by atoms with Crippen molar-refractivity contribution in [3.8, 4) is 0 Å². The monoisotopic (exact) mass is 207 g/mol. The molecule has 0 bridgehead atoms. The molecule has 0 saturated carbocycles. The molecule has 0 spiro atoms. The van der Waals surface area contributed by atoms with Crippen LogP contribution < -0.4 is 0 Å². The highest BCUT2D eigenvalue weighted by molar-refractivity contribution is 6.30. The van der Waals surface area contributed by atoms with Gasteiger partial charge in [-0.25, -0.2) is 4.79 Å². The molecule has 1 aliphatic rings. The summed E-state index contributed by atoms with van der Waals surface area (Å²) in [6.07, 6.45) is 3.22. The first-order chi connectivity index (χ1) is 6.63. The lowest BCUT2D eigenvalue weighted by molar-refractivity contribution is 0.487. The van der Waals surface area contributed by atoms with Crippen LogP contribution in [0.3, 0.4) is 0 Å². The van der Waals surface area contributed by atoms with E-state index in [0.717, 1.165) is 17.9 Å². The van der Waals surface area contributed by atoms with Gasteiger partial charge in [0.25, 0.3) is 0 Å². The molecule has 0 saturated heterocycles. The normalized spacial score (nSPS) is 24.1. The topological polar surface area (TPSA) is 29.4 Å². The number of carbonyl (C=O) groups excluding carboxylic acids is 1. The van der Waals surface area contributed by atoms with Gasteiger partial charge < -0.3 is 0 Å². The number of halogens is 1. The molecule has 0 amide bonds. The zero-order chi connectivity index (χ0) is 10.2. The van der Waals surface area contributed by atoms with Crippen molar-refractivity contribution in [3.05, 3.63) is 34.3 Å². The second kappa shape index (κ2) is 3.23. The number of hydrogen-bond donors (Lipinski definition) is 0. The Hall–Kier alpha value is -1.11. The smallest absolute Gasteiger partial charge is 0.211 e. The van der Waals surface area contributed by atoms with Crippen LogP contribution in [-0.2, 0) is 17.6 Å². The summed E-state index contributed by atoms with van der Waals surface area (Å²) < 4.78 is 0. The van der Waals surface area contributed by atoms with E-state index in [2.05, 4.69) is 4.99 Å². The van der Waals surface area contributed by atoms with Gasteiger partial charge in [0.05, 0.1) is 5.54 Å². The van der Waals surface area contributed by atoms with Crippen LogP contribution in [0, 0.1) is 0 Å². The van der Waals surface area contributed by atoms with Crippen LogP contribution in [-0.4, -0.2) is 11.6 Å². The molecule has 2 rings (SSSR count). The first-order valence-corrected chi connectivity index (χ1v) is 4.87. The van der Waals surface area contributed by atoms with E-state index in [9.17, 15) is 4.79 Å². The van der Waals surface area contributed by atoms with Crippen molar-refractivity contribution in [1.82, 2.24) is 0 Å². The van der Waals surface area contributed by atoms with Gasteiger partial charge in [0.15, 0.2) is 0 Å². The Balaban J connectivity index is 2.38. The highest BCUT2D eigenvalue weighted by atomic mass is 35.5. The maximum atomic E-state index is 10.3. The summed E-state index contributed by atoms with van der Waals surface area (Å²) in [5, 5.41) is 0.739. The third-order valence-electron chi connectivity index (χ3n) is 2.63. The van der Waals surface area contributed by atoms with Crippen molar-refractivity contribution < 1.29 is 4.79 Å². The minimum absolute atomic E-state index is 0.311. The third-order valence-corrected chi connectivity index (χ3v) is 2.86. The summed E-state index contributed by atoms with van der Waals surface area (Å²) in [6, 6.07) is 5.82. The van der Waals surface area contributed by atoms with Crippen molar-refractivity contribution in [3.63, 3.8) is 0 Å². The van der Waals surface area contributed by atoms with Crippen molar-refractivity contribution in [2.45, 2.75) is 25.3 Å². The van der Waals surface area contributed by atoms with Crippen molar-refractivity contribution in [2.24, 2.45) is 4.99 Å². The van der Waals surface area contributed by atoms with E-state index in [1.807, 2.05) is 25.1 Å². The molecule has 0 radical (unpaired) electrons. The quantitative estimate of drug-likeness (QED) is 0.514. The number of rotatable bonds is 1. The molecular formula is C11H10ClNO. The Labute approximate surface area is 87.6 Å². The first-order valence-electron chi connectivity index (χ1n) is 4.49. The fourth-order valence-corrected chi connectivity index (χ4v) is 2.20. The Kier molecular flexibility index (Phi) is 2.18. The Morgan fingerprint density at radius 3 is 2.86 bits per heavy atom. The molecule has 0 heterocycles. The molecule has 14 heavy (non-hydrogen) atoms. The van der Waals surface area contributed by atoms with E-state index < -0.39 is 0 Å². The summed E-state index contributed by atoms with van der Waals surface area (Å²) in [7, 11) is 0. The van der Waals surface area contributed by atoms with Gasteiger partial charge in [-0.1, -0.05) is 17.7 Å². The van der Waals surface area contributed by atoms with Crippen molar-refractivity contribution >= 4 is 17.7 Å². The van der Waals surface area contributed by atoms with Gasteiger partial charge in [0.2, 0.25) is 6.08 Å². The van der Waals surface area contributed by atoms with Gasteiger partial charge in [-0.3, -0.25) is 0 Å². The van der Waals surface area contributed by atoms with Crippen LogP contribution in [0.4, 0.5) is 0 Å².